The highest BCUT2D eigenvalue weighted by molar-refractivity contribution is 5.97. The number of hydrogen-bond donors (Lipinski definition) is 1. The second-order valence-electron chi connectivity index (χ2n) is 8.14. The van der Waals surface area contributed by atoms with E-state index in [0.29, 0.717) is 24.6 Å². The van der Waals surface area contributed by atoms with Crippen LogP contribution in [0.5, 0.6) is 0 Å². The fraction of sp³-hybridized carbons (Fsp3) is 0.571. The van der Waals surface area contributed by atoms with Crippen molar-refractivity contribution in [2.75, 3.05) is 13.6 Å². The quantitative estimate of drug-likeness (QED) is 0.862. The Morgan fingerprint density at radius 3 is 2.44 bits per heavy atom. The maximum absolute atomic E-state index is 12.9. The van der Waals surface area contributed by atoms with Gasteiger partial charge in [0, 0.05) is 31.6 Å². The molecule has 1 N–H and O–H groups in total. The average molecular weight is 372 g/mol. The average Bonchev–Trinajstić information content (AvgIpc) is 3.21. The van der Waals surface area contributed by atoms with Crippen LogP contribution in [0.25, 0.3) is 0 Å². The number of carbonyl (C=O) groups is 3. The molecule has 1 aromatic carbocycles. The summed E-state index contributed by atoms with van der Waals surface area (Å²) in [7, 11) is 1.77. The van der Waals surface area contributed by atoms with Gasteiger partial charge >= 0.3 is 5.97 Å². The number of fused-ring (bicyclic) bond motifs is 1. The molecule has 6 heteroatoms. The molecule has 0 spiro atoms. The van der Waals surface area contributed by atoms with Gasteiger partial charge in [-0.1, -0.05) is 32.4 Å². The van der Waals surface area contributed by atoms with Crippen LogP contribution in [0.4, 0.5) is 0 Å². The second kappa shape index (κ2) is 7.71. The number of carboxylic acid groups (broad SMARTS) is 1. The molecule has 1 saturated carbocycles. The summed E-state index contributed by atoms with van der Waals surface area (Å²) in [5.41, 5.74) is 1.44. The summed E-state index contributed by atoms with van der Waals surface area (Å²) < 4.78 is 0. The predicted molar refractivity (Wildman–Crippen MR) is 101 cm³/mol. The highest BCUT2D eigenvalue weighted by Gasteiger charge is 2.49. The maximum atomic E-state index is 12.9. The van der Waals surface area contributed by atoms with E-state index in [1.54, 1.807) is 29.0 Å². The number of rotatable bonds is 5. The van der Waals surface area contributed by atoms with Crippen LogP contribution in [0, 0.1) is 17.8 Å². The first-order valence-electron chi connectivity index (χ1n) is 9.67. The number of carbonyl (C=O) groups excluding carboxylic acids is 2. The molecule has 6 nitrogen and oxygen atoms in total. The van der Waals surface area contributed by atoms with Crippen LogP contribution in [-0.4, -0.2) is 52.3 Å². The minimum absolute atomic E-state index is 0.0570. The highest BCUT2D eigenvalue weighted by Crippen LogP contribution is 2.42. The van der Waals surface area contributed by atoms with Gasteiger partial charge in [-0.3, -0.25) is 9.59 Å². The molecule has 3 atom stereocenters. The first-order chi connectivity index (χ1) is 12.8. The Labute approximate surface area is 160 Å². The number of hydrogen-bond acceptors (Lipinski definition) is 3. The molecular weight excluding hydrogens is 344 g/mol. The lowest BCUT2D eigenvalue weighted by atomic mass is 9.94. The summed E-state index contributed by atoms with van der Waals surface area (Å²) in [5.74, 6) is -0.703. The first-order valence-corrected chi connectivity index (χ1v) is 9.67. The third-order valence-corrected chi connectivity index (χ3v) is 5.90. The molecule has 3 unspecified atom stereocenters. The molecule has 2 aliphatic rings. The summed E-state index contributed by atoms with van der Waals surface area (Å²) >= 11 is 0. The number of amides is 2. The van der Waals surface area contributed by atoms with Crippen molar-refractivity contribution in [1.82, 2.24) is 9.80 Å². The van der Waals surface area contributed by atoms with E-state index in [2.05, 4.69) is 0 Å². The van der Waals surface area contributed by atoms with Gasteiger partial charge in [-0.25, -0.2) is 4.79 Å². The number of aliphatic carboxylic acids is 1. The lowest BCUT2D eigenvalue weighted by Crippen LogP contribution is -2.43. The van der Waals surface area contributed by atoms with E-state index < -0.39 is 12.0 Å². The fourth-order valence-corrected chi connectivity index (χ4v) is 4.54. The fourth-order valence-electron chi connectivity index (χ4n) is 4.54. The molecule has 0 aromatic heterocycles. The summed E-state index contributed by atoms with van der Waals surface area (Å²) in [6, 6.07) is 6.43. The number of carboxylic acids is 1. The lowest BCUT2D eigenvalue weighted by molar-refractivity contribution is -0.142. The van der Waals surface area contributed by atoms with Crippen LogP contribution in [0.1, 0.15) is 49.0 Å². The molecule has 27 heavy (non-hydrogen) atoms. The van der Waals surface area contributed by atoms with Crippen molar-refractivity contribution in [3.8, 4) is 0 Å². The van der Waals surface area contributed by atoms with E-state index >= 15 is 0 Å². The van der Waals surface area contributed by atoms with Crippen molar-refractivity contribution in [3.05, 3.63) is 35.4 Å². The van der Waals surface area contributed by atoms with Crippen molar-refractivity contribution >= 4 is 17.8 Å². The van der Waals surface area contributed by atoms with Crippen molar-refractivity contribution < 1.29 is 19.5 Å². The predicted octanol–water partition coefficient (Wildman–Crippen LogP) is 2.63. The zero-order valence-electron chi connectivity index (χ0n) is 16.2. The van der Waals surface area contributed by atoms with Gasteiger partial charge in [-0.05, 0) is 42.4 Å². The van der Waals surface area contributed by atoms with E-state index in [1.165, 1.54) is 0 Å². The number of benzene rings is 1. The van der Waals surface area contributed by atoms with Crippen LogP contribution < -0.4 is 0 Å². The van der Waals surface area contributed by atoms with E-state index in [-0.39, 0.29) is 23.7 Å². The Morgan fingerprint density at radius 2 is 1.85 bits per heavy atom. The van der Waals surface area contributed by atoms with E-state index in [9.17, 15) is 19.5 Å². The van der Waals surface area contributed by atoms with E-state index in [0.717, 1.165) is 24.8 Å². The van der Waals surface area contributed by atoms with Crippen molar-refractivity contribution in [2.45, 2.75) is 45.7 Å². The number of nitrogens with zero attached hydrogens (tertiary/aromatic N) is 2. The van der Waals surface area contributed by atoms with Gasteiger partial charge in [-0.2, -0.15) is 0 Å². The Morgan fingerprint density at radius 1 is 1.19 bits per heavy atom. The topological polar surface area (TPSA) is 77.9 Å². The molecule has 1 aromatic rings. The first kappa shape index (κ1) is 19.4. The Bertz CT molecular complexity index is 728. The molecule has 1 aliphatic heterocycles. The van der Waals surface area contributed by atoms with Gasteiger partial charge in [0.05, 0.1) is 0 Å². The van der Waals surface area contributed by atoms with Gasteiger partial charge in [0.1, 0.15) is 6.04 Å². The van der Waals surface area contributed by atoms with Crippen LogP contribution >= 0.6 is 0 Å². The zero-order valence-corrected chi connectivity index (χ0v) is 16.2. The molecule has 1 heterocycles. The summed E-state index contributed by atoms with van der Waals surface area (Å²) in [5, 5.41) is 9.64. The largest absolute Gasteiger partial charge is 0.480 e. The standard InChI is InChI=1S/C21H28N2O4/c1-13(2)19(24)22(3)11-14-7-9-15(10-8-14)20(25)23-12-16-5-4-6-17(16)18(23)21(26)27/h7-10,13,16-18H,4-6,11-12H2,1-3H3,(H,26,27). The third-order valence-electron chi connectivity index (χ3n) is 5.90. The molecule has 1 aliphatic carbocycles. The molecule has 146 valence electrons. The second-order valence-corrected chi connectivity index (χ2v) is 8.14. The maximum Gasteiger partial charge on any atom is 0.326 e. The summed E-state index contributed by atoms with van der Waals surface area (Å²) in [6.07, 6.45) is 2.95. The highest BCUT2D eigenvalue weighted by atomic mass is 16.4. The summed E-state index contributed by atoms with van der Waals surface area (Å²) in [6.45, 7) is 4.75. The van der Waals surface area contributed by atoms with Crippen LogP contribution in [0.2, 0.25) is 0 Å². The van der Waals surface area contributed by atoms with Gasteiger partial charge in [0.25, 0.3) is 5.91 Å². The minimum atomic E-state index is -0.900. The Kier molecular flexibility index (Phi) is 5.53. The van der Waals surface area contributed by atoms with Gasteiger partial charge < -0.3 is 14.9 Å². The number of likely N-dealkylation sites (tertiary alicyclic amines) is 1. The SMILES string of the molecule is CC(C)C(=O)N(C)Cc1ccc(C(=O)N2CC3CCCC3C2C(=O)O)cc1. The minimum Gasteiger partial charge on any atom is -0.480 e. The van der Waals surface area contributed by atoms with Crippen LogP contribution in [-0.2, 0) is 16.1 Å². The van der Waals surface area contributed by atoms with Crippen molar-refractivity contribution in [3.63, 3.8) is 0 Å². The monoisotopic (exact) mass is 372 g/mol. The third kappa shape index (κ3) is 3.84. The molecule has 2 amide bonds. The lowest BCUT2D eigenvalue weighted by Gasteiger charge is -2.24. The van der Waals surface area contributed by atoms with Crippen molar-refractivity contribution in [2.24, 2.45) is 17.8 Å². The van der Waals surface area contributed by atoms with Crippen LogP contribution in [0.15, 0.2) is 24.3 Å². The van der Waals surface area contributed by atoms with E-state index in [4.69, 9.17) is 0 Å². The Hall–Kier alpha value is -2.37. The zero-order chi connectivity index (χ0) is 19.7. The van der Waals surface area contributed by atoms with E-state index in [1.807, 2.05) is 26.0 Å². The van der Waals surface area contributed by atoms with Crippen molar-refractivity contribution in [1.29, 1.82) is 0 Å². The normalized spacial score (nSPS) is 24.1. The van der Waals surface area contributed by atoms with Gasteiger partial charge in [0.15, 0.2) is 0 Å². The molecule has 0 radical (unpaired) electrons. The van der Waals surface area contributed by atoms with Gasteiger partial charge in [-0.15, -0.1) is 0 Å². The molecule has 2 fully saturated rings. The summed E-state index contributed by atoms with van der Waals surface area (Å²) in [4.78, 5) is 39.9. The smallest absolute Gasteiger partial charge is 0.326 e. The molecular formula is C21H28N2O4. The molecule has 3 rings (SSSR count). The van der Waals surface area contributed by atoms with Crippen LogP contribution in [0.3, 0.4) is 0 Å². The molecule has 0 bridgehead atoms. The Balaban J connectivity index is 1.70. The van der Waals surface area contributed by atoms with Gasteiger partial charge in [0.2, 0.25) is 5.91 Å². The molecule has 1 saturated heterocycles.